The van der Waals surface area contributed by atoms with Crippen LogP contribution >= 0.6 is 23.1 Å². The first-order valence-electron chi connectivity index (χ1n) is 5.82. The number of nitrogens with one attached hydrogen (secondary N) is 1. The van der Waals surface area contributed by atoms with E-state index in [4.69, 9.17) is 0 Å². The fourth-order valence-corrected chi connectivity index (χ4v) is 2.51. The van der Waals surface area contributed by atoms with Crippen LogP contribution in [0.3, 0.4) is 0 Å². The molecule has 0 aliphatic heterocycles. The summed E-state index contributed by atoms with van der Waals surface area (Å²) in [5.41, 5.74) is 1.28. The molecular weight excluding hydrogens is 250 g/mol. The van der Waals surface area contributed by atoms with Gasteiger partial charge in [-0.2, -0.15) is 11.8 Å². The van der Waals surface area contributed by atoms with Crippen LogP contribution in [0.4, 0.5) is 5.13 Å². The second kappa shape index (κ2) is 6.61. The maximum absolute atomic E-state index is 4.64. The Morgan fingerprint density at radius 1 is 1.47 bits per heavy atom. The lowest BCUT2D eigenvalue weighted by atomic mass is 10.1. The number of rotatable bonds is 6. The molecule has 1 N–H and O–H groups in total. The zero-order chi connectivity index (χ0) is 12.9. The predicted octanol–water partition coefficient (Wildman–Crippen LogP) is 2.83. The Morgan fingerprint density at radius 3 is 2.76 bits per heavy atom. The van der Waals surface area contributed by atoms with Crippen LogP contribution in [0.25, 0.3) is 0 Å². The highest BCUT2D eigenvalue weighted by Crippen LogP contribution is 2.19. The van der Waals surface area contributed by atoms with Gasteiger partial charge in [-0.05, 0) is 27.0 Å². The zero-order valence-corrected chi connectivity index (χ0v) is 13.0. The molecule has 17 heavy (non-hydrogen) atoms. The first-order valence-corrected chi connectivity index (χ1v) is 8.09. The number of hydrogen-bond acceptors (Lipinski definition) is 5. The summed E-state index contributed by atoms with van der Waals surface area (Å²) < 4.78 is 0. The minimum atomic E-state index is 0.147. The third-order valence-electron chi connectivity index (χ3n) is 2.30. The molecule has 0 aliphatic rings. The van der Waals surface area contributed by atoms with Gasteiger partial charge in [-0.1, -0.05) is 0 Å². The van der Waals surface area contributed by atoms with E-state index in [2.05, 4.69) is 54.7 Å². The van der Waals surface area contributed by atoms with Gasteiger partial charge in [0.05, 0.1) is 5.69 Å². The Labute approximate surface area is 113 Å². The molecule has 0 saturated carbocycles. The molecule has 0 aromatic carbocycles. The van der Waals surface area contributed by atoms with E-state index >= 15 is 0 Å². The van der Waals surface area contributed by atoms with Crippen molar-refractivity contribution in [1.82, 2.24) is 10.3 Å². The van der Waals surface area contributed by atoms with E-state index in [0.717, 1.165) is 29.7 Å². The Kier molecular flexibility index (Phi) is 5.76. The van der Waals surface area contributed by atoms with Gasteiger partial charge in [-0.3, -0.25) is 0 Å². The van der Waals surface area contributed by atoms with Gasteiger partial charge in [0, 0.05) is 36.8 Å². The standard InChI is InChI=1S/C12H23N3S2/c1-12(2,3)13-8-10-9-17-11(14-10)15(4)6-7-16-5/h9,13H,6-8H2,1-5H3. The van der Waals surface area contributed by atoms with E-state index in [0.29, 0.717) is 0 Å². The summed E-state index contributed by atoms with van der Waals surface area (Å²) >= 11 is 3.59. The molecule has 0 spiro atoms. The molecule has 0 saturated heterocycles. The van der Waals surface area contributed by atoms with Crippen molar-refractivity contribution >= 4 is 28.2 Å². The van der Waals surface area contributed by atoms with Gasteiger partial charge in [0.15, 0.2) is 5.13 Å². The van der Waals surface area contributed by atoms with E-state index in [1.165, 1.54) is 0 Å². The molecule has 0 bridgehead atoms. The minimum Gasteiger partial charge on any atom is -0.350 e. The Bertz CT molecular complexity index is 331. The summed E-state index contributed by atoms with van der Waals surface area (Å²) in [7, 11) is 2.11. The van der Waals surface area contributed by atoms with Crippen LogP contribution in [0.2, 0.25) is 0 Å². The number of thioether (sulfide) groups is 1. The number of nitrogens with zero attached hydrogens (tertiary/aromatic N) is 2. The second-order valence-electron chi connectivity index (χ2n) is 5.14. The van der Waals surface area contributed by atoms with E-state index in [1.54, 1.807) is 11.3 Å². The highest BCUT2D eigenvalue weighted by atomic mass is 32.2. The normalized spacial score (nSPS) is 11.8. The Morgan fingerprint density at radius 2 is 2.18 bits per heavy atom. The van der Waals surface area contributed by atoms with Crippen LogP contribution in [0.1, 0.15) is 26.5 Å². The number of aromatic nitrogens is 1. The smallest absolute Gasteiger partial charge is 0.185 e. The first-order chi connectivity index (χ1) is 7.92. The van der Waals surface area contributed by atoms with Gasteiger partial charge in [0.25, 0.3) is 0 Å². The summed E-state index contributed by atoms with van der Waals surface area (Å²) in [6.45, 7) is 8.41. The van der Waals surface area contributed by atoms with E-state index in [-0.39, 0.29) is 5.54 Å². The quantitative estimate of drug-likeness (QED) is 0.863. The highest BCUT2D eigenvalue weighted by Gasteiger charge is 2.11. The van der Waals surface area contributed by atoms with Crippen molar-refractivity contribution in [3.8, 4) is 0 Å². The first kappa shape index (κ1) is 14.8. The van der Waals surface area contributed by atoms with Crippen molar-refractivity contribution in [2.45, 2.75) is 32.9 Å². The Balaban J connectivity index is 2.47. The topological polar surface area (TPSA) is 28.2 Å². The number of anilines is 1. The lowest BCUT2D eigenvalue weighted by Crippen LogP contribution is -2.35. The van der Waals surface area contributed by atoms with Crippen LogP contribution in [0.5, 0.6) is 0 Å². The SMILES string of the molecule is CSCCN(C)c1nc(CNC(C)(C)C)cs1. The molecule has 1 aromatic rings. The number of hydrogen-bond donors (Lipinski definition) is 1. The van der Waals surface area contributed by atoms with Gasteiger partial charge in [-0.25, -0.2) is 4.98 Å². The van der Waals surface area contributed by atoms with Crippen molar-refractivity contribution in [2.75, 3.05) is 30.5 Å². The minimum absolute atomic E-state index is 0.147. The monoisotopic (exact) mass is 273 g/mol. The van der Waals surface area contributed by atoms with Crippen molar-refractivity contribution in [1.29, 1.82) is 0 Å². The molecule has 5 heteroatoms. The van der Waals surface area contributed by atoms with Crippen molar-refractivity contribution in [3.05, 3.63) is 11.1 Å². The summed E-state index contributed by atoms with van der Waals surface area (Å²) in [6, 6.07) is 0. The van der Waals surface area contributed by atoms with Crippen molar-refractivity contribution < 1.29 is 0 Å². The lowest BCUT2D eigenvalue weighted by molar-refractivity contribution is 0.422. The molecule has 0 amide bonds. The van der Waals surface area contributed by atoms with Gasteiger partial charge in [0.1, 0.15) is 0 Å². The highest BCUT2D eigenvalue weighted by molar-refractivity contribution is 7.98. The second-order valence-corrected chi connectivity index (χ2v) is 6.96. The maximum Gasteiger partial charge on any atom is 0.185 e. The largest absolute Gasteiger partial charge is 0.350 e. The average molecular weight is 273 g/mol. The molecule has 98 valence electrons. The summed E-state index contributed by atoms with van der Waals surface area (Å²) in [5, 5.41) is 6.71. The number of thiazole rings is 1. The van der Waals surface area contributed by atoms with Crippen molar-refractivity contribution in [2.24, 2.45) is 0 Å². The molecule has 0 fully saturated rings. The van der Waals surface area contributed by atoms with E-state index in [1.807, 2.05) is 11.8 Å². The van der Waals surface area contributed by atoms with Gasteiger partial charge < -0.3 is 10.2 Å². The molecule has 1 heterocycles. The zero-order valence-electron chi connectivity index (χ0n) is 11.4. The van der Waals surface area contributed by atoms with Gasteiger partial charge in [-0.15, -0.1) is 11.3 Å². The maximum atomic E-state index is 4.64. The van der Waals surface area contributed by atoms with Crippen LogP contribution in [0.15, 0.2) is 5.38 Å². The third kappa shape index (κ3) is 5.75. The molecular formula is C12H23N3S2. The summed E-state index contributed by atoms with van der Waals surface area (Å²) in [5.74, 6) is 1.14. The predicted molar refractivity (Wildman–Crippen MR) is 80.4 cm³/mol. The van der Waals surface area contributed by atoms with Crippen molar-refractivity contribution in [3.63, 3.8) is 0 Å². The van der Waals surface area contributed by atoms with E-state index < -0.39 is 0 Å². The molecule has 0 atom stereocenters. The van der Waals surface area contributed by atoms with Gasteiger partial charge >= 0.3 is 0 Å². The molecule has 0 aliphatic carbocycles. The summed E-state index contributed by atoms with van der Waals surface area (Å²) in [4.78, 5) is 6.86. The third-order valence-corrected chi connectivity index (χ3v) is 3.89. The van der Waals surface area contributed by atoms with Gasteiger partial charge in [0.2, 0.25) is 0 Å². The van der Waals surface area contributed by atoms with E-state index in [9.17, 15) is 0 Å². The fraction of sp³-hybridized carbons (Fsp3) is 0.750. The molecule has 1 rings (SSSR count). The lowest BCUT2D eigenvalue weighted by Gasteiger charge is -2.19. The molecule has 3 nitrogen and oxygen atoms in total. The van der Waals surface area contributed by atoms with Crippen LogP contribution in [-0.2, 0) is 6.54 Å². The summed E-state index contributed by atoms with van der Waals surface area (Å²) in [6.07, 6.45) is 2.13. The molecule has 1 aromatic heterocycles. The van der Waals surface area contributed by atoms with Crippen LogP contribution in [0, 0.1) is 0 Å². The molecule has 0 radical (unpaired) electrons. The molecule has 0 unspecified atom stereocenters. The van der Waals surface area contributed by atoms with Crippen LogP contribution in [-0.4, -0.2) is 36.1 Å². The average Bonchev–Trinajstić information content (AvgIpc) is 2.70. The fourth-order valence-electron chi connectivity index (χ4n) is 1.23. The van der Waals surface area contributed by atoms with Crippen LogP contribution < -0.4 is 10.2 Å². The Hall–Kier alpha value is -0.260.